The van der Waals surface area contributed by atoms with Crippen molar-refractivity contribution < 1.29 is 23.8 Å². The van der Waals surface area contributed by atoms with Gasteiger partial charge in [-0.1, -0.05) is 108 Å². The minimum absolute atomic E-state index is 0.169. The van der Waals surface area contributed by atoms with Gasteiger partial charge < -0.3 is 14.2 Å². The summed E-state index contributed by atoms with van der Waals surface area (Å²) in [7, 11) is 0. The van der Waals surface area contributed by atoms with Crippen LogP contribution in [0.3, 0.4) is 0 Å². The molecule has 5 heteroatoms. The van der Waals surface area contributed by atoms with Crippen LogP contribution in [0, 0.1) is 0 Å². The summed E-state index contributed by atoms with van der Waals surface area (Å²) in [4.78, 5) is 24.4. The first-order valence-corrected chi connectivity index (χ1v) is 13.6. The molecule has 1 atom stereocenters. The Morgan fingerprint density at radius 2 is 1.29 bits per heavy atom. The molecular formula is C29H48O5. The van der Waals surface area contributed by atoms with Crippen molar-refractivity contribution in [2.45, 2.75) is 123 Å². The van der Waals surface area contributed by atoms with Gasteiger partial charge >= 0.3 is 11.9 Å². The molecule has 0 amide bonds. The van der Waals surface area contributed by atoms with Crippen LogP contribution in [0.1, 0.15) is 116 Å². The highest BCUT2D eigenvalue weighted by Gasteiger charge is 2.16. The predicted molar refractivity (Wildman–Crippen MR) is 138 cm³/mol. The van der Waals surface area contributed by atoms with Crippen LogP contribution in [0.4, 0.5) is 0 Å². The second-order valence-electron chi connectivity index (χ2n) is 9.16. The third-order valence-corrected chi connectivity index (χ3v) is 5.89. The molecular weight excluding hydrogens is 428 g/mol. The molecule has 5 nitrogen and oxygen atoms in total. The van der Waals surface area contributed by atoms with E-state index in [9.17, 15) is 9.59 Å². The molecule has 0 heterocycles. The van der Waals surface area contributed by atoms with E-state index in [1.165, 1.54) is 51.4 Å². The van der Waals surface area contributed by atoms with Crippen molar-refractivity contribution in [3.05, 3.63) is 35.9 Å². The number of rotatable bonds is 22. The Bertz CT molecular complexity index is 616. The third-order valence-electron chi connectivity index (χ3n) is 5.89. The van der Waals surface area contributed by atoms with Crippen LogP contribution in [0.15, 0.2) is 30.3 Å². The lowest BCUT2D eigenvalue weighted by molar-refractivity contribution is -0.155. The van der Waals surface area contributed by atoms with E-state index >= 15 is 0 Å². The van der Waals surface area contributed by atoms with Gasteiger partial charge in [0.1, 0.15) is 6.10 Å². The maximum Gasteiger partial charge on any atom is 0.306 e. The molecule has 194 valence electrons. The number of carbonyl (C=O) groups excluding carboxylic acids is 2. The number of benzene rings is 1. The molecule has 34 heavy (non-hydrogen) atoms. The molecule has 0 saturated carbocycles. The summed E-state index contributed by atoms with van der Waals surface area (Å²) >= 11 is 0. The summed E-state index contributed by atoms with van der Waals surface area (Å²) in [5, 5.41) is 0. The Hall–Kier alpha value is -1.88. The molecule has 0 bridgehead atoms. The number of esters is 2. The number of hydrogen-bond acceptors (Lipinski definition) is 5. The van der Waals surface area contributed by atoms with Gasteiger partial charge in [0.15, 0.2) is 0 Å². The van der Waals surface area contributed by atoms with E-state index in [2.05, 4.69) is 13.8 Å². The molecule has 0 aliphatic heterocycles. The molecule has 1 unspecified atom stereocenters. The second kappa shape index (κ2) is 21.6. The van der Waals surface area contributed by atoms with E-state index in [1.807, 2.05) is 30.3 Å². The second-order valence-corrected chi connectivity index (χ2v) is 9.16. The molecule has 1 rings (SSSR count). The lowest BCUT2D eigenvalue weighted by Crippen LogP contribution is -2.26. The lowest BCUT2D eigenvalue weighted by Gasteiger charge is -2.18. The van der Waals surface area contributed by atoms with E-state index in [-0.39, 0.29) is 18.5 Å². The standard InChI is InChI=1S/C29H48O5/c1-3-5-7-9-11-16-20-28(30)33-23-22-27(25-32-24-26-18-14-13-15-19-26)34-29(31)21-17-12-10-8-6-4-2/h13-15,18-19,27H,3-12,16-17,20-25H2,1-2H3. The quantitative estimate of drug-likeness (QED) is 0.128. The predicted octanol–water partition coefficient (Wildman–Crippen LogP) is 7.55. The molecule has 0 aliphatic carbocycles. The summed E-state index contributed by atoms with van der Waals surface area (Å²) < 4.78 is 16.9. The van der Waals surface area contributed by atoms with Crippen molar-refractivity contribution in [3.63, 3.8) is 0 Å². The van der Waals surface area contributed by atoms with Crippen molar-refractivity contribution in [2.24, 2.45) is 0 Å². The monoisotopic (exact) mass is 476 g/mol. The lowest BCUT2D eigenvalue weighted by atomic mass is 10.1. The van der Waals surface area contributed by atoms with Gasteiger partial charge in [-0.25, -0.2) is 0 Å². The van der Waals surface area contributed by atoms with Crippen LogP contribution in [0.2, 0.25) is 0 Å². The van der Waals surface area contributed by atoms with Gasteiger partial charge in [-0.2, -0.15) is 0 Å². The van der Waals surface area contributed by atoms with Crippen LogP contribution in [0.5, 0.6) is 0 Å². The highest BCUT2D eigenvalue weighted by molar-refractivity contribution is 5.69. The van der Waals surface area contributed by atoms with Gasteiger partial charge in [0.2, 0.25) is 0 Å². The SMILES string of the molecule is CCCCCCCCC(=O)OCCC(COCc1ccccc1)OC(=O)CCCCCCCC. The molecule has 0 saturated heterocycles. The first-order valence-electron chi connectivity index (χ1n) is 13.6. The molecule has 1 aromatic carbocycles. The van der Waals surface area contributed by atoms with Gasteiger partial charge in [-0.05, 0) is 18.4 Å². The van der Waals surface area contributed by atoms with E-state index in [4.69, 9.17) is 14.2 Å². The van der Waals surface area contributed by atoms with Gasteiger partial charge in [0, 0.05) is 19.3 Å². The fraction of sp³-hybridized carbons (Fsp3) is 0.724. The smallest absolute Gasteiger partial charge is 0.306 e. The maximum absolute atomic E-state index is 12.3. The summed E-state index contributed by atoms with van der Waals surface area (Å²) in [5.41, 5.74) is 1.07. The normalized spacial score (nSPS) is 11.8. The van der Waals surface area contributed by atoms with Crippen molar-refractivity contribution in [2.75, 3.05) is 13.2 Å². The topological polar surface area (TPSA) is 61.8 Å². The van der Waals surface area contributed by atoms with Crippen molar-refractivity contribution in [1.29, 1.82) is 0 Å². The first kappa shape index (κ1) is 30.2. The molecule has 0 radical (unpaired) electrons. The van der Waals surface area contributed by atoms with E-state index < -0.39 is 6.10 Å². The Kier molecular flexibility index (Phi) is 19.2. The summed E-state index contributed by atoms with van der Waals surface area (Å²) in [6, 6.07) is 9.92. The largest absolute Gasteiger partial charge is 0.466 e. The first-order chi connectivity index (χ1) is 16.7. The Balaban J connectivity index is 2.32. The van der Waals surface area contributed by atoms with Crippen LogP contribution in [-0.4, -0.2) is 31.3 Å². The van der Waals surface area contributed by atoms with Crippen LogP contribution in [0.25, 0.3) is 0 Å². The van der Waals surface area contributed by atoms with Crippen LogP contribution < -0.4 is 0 Å². The van der Waals surface area contributed by atoms with Gasteiger partial charge in [-0.15, -0.1) is 0 Å². The zero-order valence-corrected chi connectivity index (χ0v) is 21.7. The zero-order valence-electron chi connectivity index (χ0n) is 21.7. The fourth-order valence-electron chi connectivity index (χ4n) is 3.78. The molecule has 1 aromatic rings. The zero-order chi connectivity index (χ0) is 24.7. The Labute approximate surface area is 207 Å². The minimum Gasteiger partial charge on any atom is -0.466 e. The number of hydrogen-bond donors (Lipinski definition) is 0. The third kappa shape index (κ3) is 17.6. The van der Waals surface area contributed by atoms with Crippen molar-refractivity contribution in [3.8, 4) is 0 Å². The Morgan fingerprint density at radius 1 is 0.735 bits per heavy atom. The average molecular weight is 477 g/mol. The number of carbonyl (C=O) groups is 2. The van der Waals surface area contributed by atoms with Gasteiger partial charge in [-0.3, -0.25) is 9.59 Å². The molecule has 0 fully saturated rings. The Morgan fingerprint density at radius 3 is 1.91 bits per heavy atom. The minimum atomic E-state index is -0.404. The number of ether oxygens (including phenoxy) is 3. The van der Waals surface area contributed by atoms with Crippen molar-refractivity contribution in [1.82, 2.24) is 0 Å². The summed E-state index contributed by atoms with van der Waals surface area (Å²) in [6.45, 7) is 5.40. The molecule has 0 aliphatic rings. The average Bonchev–Trinajstić information content (AvgIpc) is 2.84. The van der Waals surface area contributed by atoms with Crippen molar-refractivity contribution >= 4 is 11.9 Å². The summed E-state index contributed by atoms with van der Waals surface area (Å²) in [5.74, 6) is -0.361. The highest BCUT2D eigenvalue weighted by Crippen LogP contribution is 2.11. The van der Waals surface area contributed by atoms with E-state index in [0.717, 1.165) is 31.2 Å². The van der Waals surface area contributed by atoms with E-state index in [0.29, 0.717) is 32.5 Å². The fourth-order valence-corrected chi connectivity index (χ4v) is 3.78. The highest BCUT2D eigenvalue weighted by atomic mass is 16.6. The van der Waals surface area contributed by atoms with E-state index in [1.54, 1.807) is 0 Å². The maximum atomic E-state index is 12.3. The van der Waals surface area contributed by atoms with Crippen LogP contribution >= 0.6 is 0 Å². The molecule has 0 aromatic heterocycles. The van der Waals surface area contributed by atoms with Gasteiger partial charge in [0.05, 0.1) is 19.8 Å². The molecule has 0 N–H and O–H groups in total. The number of unbranched alkanes of at least 4 members (excludes halogenated alkanes) is 10. The van der Waals surface area contributed by atoms with Gasteiger partial charge in [0.25, 0.3) is 0 Å². The summed E-state index contributed by atoms with van der Waals surface area (Å²) in [6.07, 6.45) is 14.6. The van der Waals surface area contributed by atoms with Crippen LogP contribution in [-0.2, 0) is 30.4 Å². The molecule has 0 spiro atoms.